The van der Waals surface area contributed by atoms with E-state index in [0.717, 1.165) is 12.5 Å². The molecule has 0 aromatic rings. The number of piperidine rings is 1. The molecule has 2 aliphatic heterocycles. The van der Waals surface area contributed by atoms with Gasteiger partial charge in [-0.15, -0.1) is 6.58 Å². The fourth-order valence-electron chi connectivity index (χ4n) is 2.70. The summed E-state index contributed by atoms with van der Waals surface area (Å²) in [5.74, 6) is 0. The zero-order valence-electron chi connectivity index (χ0n) is 9.12. The van der Waals surface area contributed by atoms with Gasteiger partial charge in [0.2, 0.25) is 0 Å². The fraction of sp³-hybridized carbons (Fsp3) is 0.833. The average molecular weight is 194 g/mol. The average Bonchev–Trinajstić information content (AvgIpc) is 2.26. The van der Waals surface area contributed by atoms with Crippen LogP contribution in [-0.4, -0.2) is 48.6 Å². The van der Waals surface area contributed by atoms with Crippen LogP contribution >= 0.6 is 0 Å². The summed E-state index contributed by atoms with van der Waals surface area (Å²) in [7, 11) is 0. The van der Waals surface area contributed by atoms with Crippen molar-refractivity contribution in [2.45, 2.75) is 31.7 Å². The first-order chi connectivity index (χ1) is 6.90. The minimum Gasteiger partial charge on any atom is -0.300 e. The quantitative estimate of drug-likeness (QED) is 0.631. The second kappa shape index (κ2) is 4.94. The van der Waals surface area contributed by atoms with E-state index in [1.165, 1.54) is 52.0 Å². The van der Waals surface area contributed by atoms with Crippen LogP contribution in [0.25, 0.3) is 0 Å². The van der Waals surface area contributed by atoms with Gasteiger partial charge in [0.1, 0.15) is 0 Å². The lowest BCUT2D eigenvalue weighted by Gasteiger charge is -2.44. The van der Waals surface area contributed by atoms with Crippen molar-refractivity contribution < 1.29 is 0 Å². The van der Waals surface area contributed by atoms with Crippen LogP contribution in [0.4, 0.5) is 0 Å². The number of rotatable bonds is 3. The molecular formula is C12H22N2. The Labute approximate surface area is 87.6 Å². The number of hydrogen-bond donors (Lipinski definition) is 0. The predicted molar refractivity (Wildman–Crippen MR) is 60.5 cm³/mol. The molecule has 80 valence electrons. The van der Waals surface area contributed by atoms with Crippen molar-refractivity contribution in [3.8, 4) is 0 Å². The minimum atomic E-state index is 0.863. The molecule has 0 bridgehead atoms. The van der Waals surface area contributed by atoms with Gasteiger partial charge in [-0.3, -0.25) is 4.90 Å². The van der Waals surface area contributed by atoms with Gasteiger partial charge < -0.3 is 4.90 Å². The number of piperazine rings is 1. The third-order valence-electron chi connectivity index (χ3n) is 3.57. The van der Waals surface area contributed by atoms with E-state index >= 15 is 0 Å². The summed E-state index contributed by atoms with van der Waals surface area (Å²) in [4.78, 5) is 5.29. The Morgan fingerprint density at radius 2 is 2.14 bits per heavy atom. The summed E-state index contributed by atoms with van der Waals surface area (Å²) in [6, 6.07) is 0.863. The summed E-state index contributed by atoms with van der Waals surface area (Å²) < 4.78 is 0. The topological polar surface area (TPSA) is 6.48 Å². The molecule has 1 unspecified atom stereocenters. The Morgan fingerprint density at radius 3 is 3.00 bits per heavy atom. The Hall–Kier alpha value is -0.340. The van der Waals surface area contributed by atoms with E-state index in [1.54, 1.807) is 0 Å². The molecule has 14 heavy (non-hydrogen) atoms. The van der Waals surface area contributed by atoms with Crippen LogP contribution in [0.5, 0.6) is 0 Å². The molecule has 0 aromatic heterocycles. The van der Waals surface area contributed by atoms with E-state index in [1.807, 2.05) is 6.08 Å². The summed E-state index contributed by atoms with van der Waals surface area (Å²) in [6.45, 7) is 10.2. The second-order valence-corrected chi connectivity index (χ2v) is 4.56. The third-order valence-corrected chi connectivity index (χ3v) is 3.57. The molecule has 2 fully saturated rings. The van der Waals surface area contributed by atoms with Crippen LogP contribution in [0.1, 0.15) is 25.7 Å². The Balaban J connectivity index is 1.80. The van der Waals surface area contributed by atoms with Crippen LogP contribution < -0.4 is 0 Å². The summed E-state index contributed by atoms with van der Waals surface area (Å²) in [6.07, 6.45) is 7.46. The maximum atomic E-state index is 3.79. The second-order valence-electron chi connectivity index (χ2n) is 4.56. The van der Waals surface area contributed by atoms with Gasteiger partial charge in [-0.05, 0) is 25.8 Å². The van der Waals surface area contributed by atoms with Crippen molar-refractivity contribution in [3.63, 3.8) is 0 Å². The highest BCUT2D eigenvalue weighted by Gasteiger charge is 2.28. The van der Waals surface area contributed by atoms with Crippen molar-refractivity contribution >= 4 is 0 Å². The molecule has 0 radical (unpaired) electrons. The van der Waals surface area contributed by atoms with Crippen LogP contribution in [0.2, 0.25) is 0 Å². The smallest absolute Gasteiger partial charge is 0.0223 e. The molecule has 2 rings (SSSR count). The van der Waals surface area contributed by atoms with Crippen molar-refractivity contribution in [3.05, 3.63) is 12.7 Å². The molecule has 2 heterocycles. The minimum absolute atomic E-state index is 0.863. The van der Waals surface area contributed by atoms with Crippen LogP contribution in [0, 0.1) is 0 Å². The van der Waals surface area contributed by atoms with E-state index in [0.29, 0.717) is 0 Å². The SMILES string of the molecule is C=CCCN1CCN2CCCCC2C1. The Morgan fingerprint density at radius 1 is 1.21 bits per heavy atom. The van der Waals surface area contributed by atoms with Crippen LogP contribution in [-0.2, 0) is 0 Å². The molecule has 2 heteroatoms. The van der Waals surface area contributed by atoms with E-state index in [-0.39, 0.29) is 0 Å². The first kappa shape index (κ1) is 10.2. The van der Waals surface area contributed by atoms with Crippen LogP contribution in [0.3, 0.4) is 0 Å². The van der Waals surface area contributed by atoms with Gasteiger partial charge in [0.15, 0.2) is 0 Å². The summed E-state index contributed by atoms with van der Waals surface area (Å²) in [5.41, 5.74) is 0. The van der Waals surface area contributed by atoms with Gasteiger partial charge in [0.05, 0.1) is 0 Å². The monoisotopic (exact) mass is 194 g/mol. The predicted octanol–water partition coefficient (Wildman–Crippen LogP) is 1.73. The molecule has 0 N–H and O–H groups in total. The molecule has 2 nitrogen and oxygen atoms in total. The Bertz CT molecular complexity index is 191. The normalized spacial score (nSPS) is 29.9. The zero-order valence-corrected chi connectivity index (χ0v) is 9.12. The maximum Gasteiger partial charge on any atom is 0.0223 e. The van der Waals surface area contributed by atoms with Gasteiger partial charge in [-0.1, -0.05) is 12.5 Å². The van der Waals surface area contributed by atoms with Gasteiger partial charge in [0, 0.05) is 32.2 Å². The molecule has 0 aliphatic carbocycles. The standard InChI is InChI=1S/C12H22N2/c1-2-3-7-13-9-10-14-8-5-4-6-12(14)11-13/h2,12H,1,3-11H2. The van der Waals surface area contributed by atoms with Gasteiger partial charge in [-0.25, -0.2) is 0 Å². The lowest BCUT2D eigenvalue weighted by molar-refractivity contribution is 0.0503. The molecule has 0 aromatic carbocycles. The Kier molecular flexibility index (Phi) is 3.60. The van der Waals surface area contributed by atoms with Crippen molar-refractivity contribution in [2.24, 2.45) is 0 Å². The summed E-state index contributed by atoms with van der Waals surface area (Å²) in [5, 5.41) is 0. The molecule has 2 aliphatic rings. The van der Waals surface area contributed by atoms with E-state index < -0.39 is 0 Å². The van der Waals surface area contributed by atoms with Crippen molar-refractivity contribution in [2.75, 3.05) is 32.7 Å². The fourth-order valence-corrected chi connectivity index (χ4v) is 2.70. The molecular weight excluding hydrogens is 172 g/mol. The van der Waals surface area contributed by atoms with Gasteiger partial charge in [0.25, 0.3) is 0 Å². The molecule has 0 amide bonds. The number of hydrogen-bond acceptors (Lipinski definition) is 2. The molecule has 0 spiro atoms. The van der Waals surface area contributed by atoms with Gasteiger partial charge in [-0.2, -0.15) is 0 Å². The summed E-state index contributed by atoms with van der Waals surface area (Å²) >= 11 is 0. The van der Waals surface area contributed by atoms with E-state index in [4.69, 9.17) is 0 Å². The van der Waals surface area contributed by atoms with Crippen LogP contribution in [0.15, 0.2) is 12.7 Å². The third kappa shape index (κ3) is 2.37. The first-order valence-corrected chi connectivity index (χ1v) is 5.97. The largest absolute Gasteiger partial charge is 0.300 e. The molecule has 1 atom stereocenters. The molecule has 0 saturated carbocycles. The zero-order chi connectivity index (χ0) is 9.80. The van der Waals surface area contributed by atoms with Crippen molar-refractivity contribution in [1.82, 2.24) is 9.80 Å². The van der Waals surface area contributed by atoms with Crippen molar-refractivity contribution in [1.29, 1.82) is 0 Å². The highest BCUT2D eigenvalue weighted by molar-refractivity contribution is 4.85. The van der Waals surface area contributed by atoms with E-state index in [2.05, 4.69) is 16.4 Å². The lowest BCUT2D eigenvalue weighted by atomic mass is 9.99. The van der Waals surface area contributed by atoms with Gasteiger partial charge >= 0.3 is 0 Å². The highest BCUT2D eigenvalue weighted by atomic mass is 15.3. The lowest BCUT2D eigenvalue weighted by Crippen LogP contribution is -2.54. The highest BCUT2D eigenvalue weighted by Crippen LogP contribution is 2.20. The van der Waals surface area contributed by atoms with E-state index in [9.17, 15) is 0 Å². The first-order valence-electron chi connectivity index (χ1n) is 5.97. The number of fused-ring (bicyclic) bond motifs is 1. The molecule has 2 saturated heterocycles. The number of nitrogens with zero attached hydrogens (tertiary/aromatic N) is 2. The maximum absolute atomic E-state index is 3.79.